The van der Waals surface area contributed by atoms with E-state index in [1.54, 1.807) is 13.0 Å². The predicted molar refractivity (Wildman–Crippen MR) is 76.1 cm³/mol. The predicted octanol–water partition coefficient (Wildman–Crippen LogP) is 2.81. The Morgan fingerprint density at radius 1 is 1.35 bits per heavy atom. The van der Waals surface area contributed by atoms with E-state index in [1.165, 1.54) is 18.6 Å². The van der Waals surface area contributed by atoms with Crippen LogP contribution in [0.25, 0.3) is 0 Å². The number of aliphatic hydroxyl groups excluding tert-OH is 1. The lowest BCUT2D eigenvalue weighted by Gasteiger charge is -2.35. The Hall–Kier alpha value is -1.42. The zero-order valence-electron chi connectivity index (χ0n) is 11.9. The molecule has 4 heteroatoms. The van der Waals surface area contributed by atoms with Crippen molar-refractivity contribution >= 4 is 5.91 Å². The van der Waals surface area contributed by atoms with E-state index in [-0.39, 0.29) is 23.7 Å². The minimum Gasteiger partial charge on any atom is -0.396 e. The molecule has 1 aliphatic rings. The topological polar surface area (TPSA) is 49.3 Å². The zero-order valence-corrected chi connectivity index (χ0v) is 11.9. The number of nitrogens with one attached hydrogen (secondary N) is 1. The summed E-state index contributed by atoms with van der Waals surface area (Å²) in [5.41, 5.74) is 0.753. The van der Waals surface area contributed by atoms with Gasteiger partial charge in [-0.2, -0.15) is 0 Å². The average molecular weight is 279 g/mol. The van der Waals surface area contributed by atoms with Gasteiger partial charge in [0.15, 0.2) is 0 Å². The summed E-state index contributed by atoms with van der Waals surface area (Å²) in [6.07, 6.45) is 5.31. The highest BCUT2D eigenvalue weighted by Crippen LogP contribution is 2.35. The van der Waals surface area contributed by atoms with Crippen LogP contribution in [0.5, 0.6) is 0 Å². The quantitative estimate of drug-likeness (QED) is 0.890. The Kier molecular flexibility index (Phi) is 4.76. The monoisotopic (exact) mass is 279 g/mol. The fourth-order valence-electron chi connectivity index (χ4n) is 2.85. The molecule has 0 radical (unpaired) electrons. The second-order valence-corrected chi connectivity index (χ2v) is 5.87. The van der Waals surface area contributed by atoms with Crippen molar-refractivity contribution in [1.29, 1.82) is 0 Å². The Labute approximate surface area is 119 Å². The normalized spacial score (nSPS) is 17.8. The molecule has 3 nitrogen and oxygen atoms in total. The number of carbonyl (C=O) groups excluding carboxylic acids is 1. The van der Waals surface area contributed by atoms with Gasteiger partial charge in [0.25, 0.3) is 5.91 Å². The first-order valence-electron chi connectivity index (χ1n) is 7.22. The van der Waals surface area contributed by atoms with Crippen molar-refractivity contribution in [2.24, 2.45) is 5.41 Å². The first kappa shape index (κ1) is 15.0. The summed E-state index contributed by atoms with van der Waals surface area (Å²) in [5.74, 6) is -0.507. The zero-order chi connectivity index (χ0) is 14.6. The van der Waals surface area contributed by atoms with Gasteiger partial charge < -0.3 is 10.4 Å². The third-order valence-corrected chi connectivity index (χ3v) is 4.29. The van der Waals surface area contributed by atoms with Crippen LogP contribution >= 0.6 is 0 Å². The van der Waals surface area contributed by atoms with Crippen molar-refractivity contribution < 1.29 is 14.3 Å². The van der Waals surface area contributed by atoms with Gasteiger partial charge in [0.05, 0.1) is 6.61 Å². The van der Waals surface area contributed by atoms with Crippen LogP contribution < -0.4 is 5.32 Å². The van der Waals surface area contributed by atoms with Gasteiger partial charge in [-0.3, -0.25) is 4.79 Å². The van der Waals surface area contributed by atoms with E-state index in [9.17, 15) is 14.3 Å². The van der Waals surface area contributed by atoms with Crippen molar-refractivity contribution in [3.05, 3.63) is 35.1 Å². The number of aliphatic hydroxyl groups is 1. The number of aryl methyl sites for hydroxylation is 1. The SMILES string of the molecule is Cc1cc(C(=O)NCC2(CO)CCCCC2)ccc1F. The van der Waals surface area contributed by atoms with E-state index in [0.29, 0.717) is 17.7 Å². The van der Waals surface area contributed by atoms with Crippen molar-refractivity contribution in [2.45, 2.75) is 39.0 Å². The molecule has 1 aromatic rings. The molecule has 1 saturated carbocycles. The van der Waals surface area contributed by atoms with Crippen molar-refractivity contribution in [3.63, 3.8) is 0 Å². The summed E-state index contributed by atoms with van der Waals surface area (Å²) in [5, 5.41) is 12.5. The molecule has 0 atom stereocenters. The number of amides is 1. The summed E-state index contributed by atoms with van der Waals surface area (Å²) in [4.78, 5) is 12.1. The first-order chi connectivity index (χ1) is 9.56. The summed E-state index contributed by atoms with van der Waals surface area (Å²) in [7, 11) is 0. The number of carbonyl (C=O) groups is 1. The third-order valence-electron chi connectivity index (χ3n) is 4.29. The van der Waals surface area contributed by atoms with E-state index >= 15 is 0 Å². The largest absolute Gasteiger partial charge is 0.396 e. The minimum atomic E-state index is -0.305. The third kappa shape index (κ3) is 3.37. The van der Waals surface area contributed by atoms with Crippen LogP contribution in [0.3, 0.4) is 0 Å². The number of hydrogen-bond acceptors (Lipinski definition) is 2. The molecule has 20 heavy (non-hydrogen) atoms. The molecule has 0 spiro atoms. The van der Waals surface area contributed by atoms with Gasteiger partial charge in [-0.25, -0.2) is 4.39 Å². The van der Waals surface area contributed by atoms with Gasteiger partial charge in [0.1, 0.15) is 5.82 Å². The van der Waals surface area contributed by atoms with E-state index in [0.717, 1.165) is 25.7 Å². The maximum absolute atomic E-state index is 13.2. The molecule has 0 unspecified atom stereocenters. The molecule has 110 valence electrons. The van der Waals surface area contributed by atoms with Crippen LogP contribution in [0.1, 0.15) is 48.0 Å². The number of rotatable bonds is 4. The molecule has 1 fully saturated rings. The van der Waals surface area contributed by atoms with Crippen LogP contribution in [0.4, 0.5) is 4.39 Å². The molecular weight excluding hydrogens is 257 g/mol. The smallest absolute Gasteiger partial charge is 0.251 e. The molecule has 2 N–H and O–H groups in total. The van der Waals surface area contributed by atoms with Gasteiger partial charge >= 0.3 is 0 Å². The summed E-state index contributed by atoms with van der Waals surface area (Å²) < 4.78 is 13.2. The Morgan fingerprint density at radius 3 is 2.65 bits per heavy atom. The highest BCUT2D eigenvalue weighted by atomic mass is 19.1. The molecule has 0 aromatic heterocycles. The minimum absolute atomic E-state index is 0.107. The number of hydrogen-bond donors (Lipinski definition) is 2. The Bertz CT molecular complexity index is 481. The molecule has 0 saturated heterocycles. The van der Waals surface area contributed by atoms with Gasteiger partial charge in [0.2, 0.25) is 0 Å². The standard InChI is InChI=1S/C16H22FNO2/c1-12-9-13(5-6-14(12)17)15(20)18-10-16(11-19)7-3-2-4-8-16/h5-6,9,19H,2-4,7-8,10-11H2,1H3,(H,18,20). The first-order valence-corrected chi connectivity index (χ1v) is 7.22. The maximum Gasteiger partial charge on any atom is 0.251 e. The van der Waals surface area contributed by atoms with E-state index < -0.39 is 0 Å². The Balaban J connectivity index is 1.98. The van der Waals surface area contributed by atoms with Crippen LogP contribution in [0, 0.1) is 18.2 Å². The second-order valence-electron chi connectivity index (χ2n) is 5.87. The molecule has 1 aromatic carbocycles. The van der Waals surface area contributed by atoms with E-state index in [4.69, 9.17) is 0 Å². The molecule has 0 aliphatic heterocycles. The lowest BCUT2D eigenvalue weighted by Crippen LogP contribution is -2.41. The Morgan fingerprint density at radius 2 is 2.05 bits per heavy atom. The maximum atomic E-state index is 13.2. The average Bonchev–Trinajstić information content (AvgIpc) is 2.48. The molecule has 2 rings (SSSR count). The number of halogens is 1. The van der Waals surface area contributed by atoms with Crippen molar-refractivity contribution in [3.8, 4) is 0 Å². The lowest BCUT2D eigenvalue weighted by molar-refractivity contribution is 0.0718. The molecule has 0 heterocycles. The second kappa shape index (κ2) is 6.35. The van der Waals surface area contributed by atoms with Gasteiger partial charge in [0, 0.05) is 17.5 Å². The summed E-state index contributed by atoms with van der Waals surface area (Å²) in [6.45, 7) is 2.23. The highest BCUT2D eigenvalue weighted by Gasteiger charge is 2.31. The van der Waals surface area contributed by atoms with Crippen LogP contribution in [0.2, 0.25) is 0 Å². The van der Waals surface area contributed by atoms with Crippen LogP contribution in [0.15, 0.2) is 18.2 Å². The van der Waals surface area contributed by atoms with Gasteiger partial charge in [-0.1, -0.05) is 19.3 Å². The fourth-order valence-corrected chi connectivity index (χ4v) is 2.85. The van der Waals surface area contributed by atoms with E-state index in [2.05, 4.69) is 5.32 Å². The lowest BCUT2D eigenvalue weighted by atomic mass is 9.74. The number of benzene rings is 1. The molecule has 1 amide bonds. The molecule has 0 bridgehead atoms. The van der Waals surface area contributed by atoms with Gasteiger partial charge in [-0.05, 0) is 43.5 Å². The summed E-state index contributed by atoms with van der Waals surface area (Å²) in [6, 6.07) is 4.36. The summed E-state index contributed by atoms with van der Waals surface area (Å²) >= 11 is 0. The van der Waals surface area contributed by atoms with Crippen molar-refractivity contribution in [2.75, 3.05) is 13.2 Å². The van der Waals surface area contributed by atoms with Crippen molar-refractivity contribution in [1.82, 2.24) is 5.32 Å². The molecular formula is C16H22FNO2. The van der Waals surface area contributed by atoms with E-state index in [1.807, 2.05) is 0 Å². The molecule has 1 aliphatic carbocycles. The fraction of sp³-hybridized carbons (Fsp3) is 0.562. The van der Waals surface area contributed by atoms with Crippen LogP contribution in [-0.4, -0.2) is 24.2 Å². The van der Waals surface area contributed by atoms with Crippen LogP contribution in [-0.2, 0) is 0 Å². The van der Waals surface area contributed by atoms with Gasteiger partial charge in [-0.15, -0.1) is 0 Å². The highest BCUT2D eigenvalue weighted by molar-refractivity contribution is 5.94.